The van der Waals surface area contributed by atoms with Gasteiger partial charge < -0.3 is 9.31 Å². The molecule has 0 saturated carbocycles. The van der Waals surface area contributed by atoms with Crippen LogP contribution in [0.2, 0.25) is 0 Å². The quantitative estimate of drug-likeness (QED) is 0.762. The van der Waals surface area contributed by atoms with Crippen molar-refractivity contribution in [2.24, 2.45) is 0 Å². The number of imidazole rings is 1. The van der Waals surface area contributed by atoms with Gasteiger partial charge in [-0.25, -0.2) is 15.0 Å². The molecular formula is C13H17BN4O2. The Morgan fingerprint density at radius 3 is 2.15 bits per heavy atom. The van der Waals surface area contributed by atoms with Gasteiger partial charge in [-0.05, 0) is 27.7 Å². The molecule has 0 N–H and O–H groups in total. The van der Waals surface area contributed by atoms with Gasteiger partial charge in [0.05, 0.1) is 11.2 Å². The van der Waals surface area contributed by atoms with Crippen LogP contribution in [-0.4, -0.2) is 37.8 Å². The topological polar surface area (TPSA) is 62.1 Å². The molecule has 6 nitrogen and oxygen atoms in total. The first-order chi connectivity index (χ1) is 9.39. The van der Waals surface area contributed by atoms with Gasteiger partial charge in [0.1, 0.15) is 6.33 Å². The van der Waals surface area contributed by atoms with E-state index in [0.717, 1.165) is 5.46 Å². The fourth-order valence-corrected chi connectivity index (χ4v) is 1.94. The molecule has 0 aliphatic carbocycles. The molecule has 0 spiro atoms. The number of hydrogen-bond acceptors (Lipinski definition) is 5. The van der Waals surface area contributed by atoms with Crippen LogP contribution in [0.15, 0.2) is 31.1 Å². The fourth-order valence-electron chi connectivity index (χ4n) is 1.94. The zero-order chi connectivity index (χ0) is 14.4. The maximum atomic E-state index is 5.96. The van der Waals surface area contributed by atoms with E-state index in [1.54, 1.807) is 35.7 Å². The summed E-state index contributed by atoms with van der Waals surface area (Å²) in [4.78, 5) is 12.6. The monoisotopic (exact) mass is 272 g/mol. The lowest BCUT2D eigenvalue weighted by atomic mass is 9.81. The number of rotatable bonds is 2. The third kappa shape index (κ3) is 2.12. The van der Waals surface area contributed by atoms with Gasteiger partial charge in [0.2, 0.25) is 5.95 Å². The number of hydrogen-bond donors (Lipinski definition) is 0. The third-order valence-electron chi connectivity index (χ3n) is 3.92. The number of nitrogens with zero attached hydrogens (tertiary/aromatic N) is 4. The van der Waals surface area contributed by atoms with Gasteiger partial charge in [0, 0.05) is 30.3 Å². The van der Waals surface area contributed by atoms with E-state index in [-0.39, 0.29) is 11.2 Å². The minimum atomic E-state index is -0.433. The van der Waals surface area contributed by atoms with Crippen molar-refractivity contribution in [3.63, 3.8) is 0 Å². The molecule has 1 saturated heterocycles. The van der Waals surface area contributed by atoms with E-state index in [0.29, 0.717) is 5.95 Å². The van der Waals surface area contributed by atoms with Gasteiger partial charge in [-0.15, -0.1) is 0 Å². The van der Waals surface area contributed by atoms with Crippen molar-refractivity contribution >= 4 is 12.6 Å². The van der Waals surface area contributed by atoms with Crippen LogP contribution in [-0.2, 0) is 9.31 Å². The summed E-state index contributed by atoms with van der Waals surface area (Å²) in [6.07, 6.45) is 8.59. The van der Waals surface area contributed by atoms with Gasteiger partial charge in [0.25, 0.3) is 0 Å². The van der Waals surface area contributed by atoms with Crippen molar-refractivity contribution in [2.75, 3.05) is 0 Å². The van der Waals surface area contributed by atoms with Crippen molar-refractivity contribution in [3.8, 4) is 5.95 Å². The molecule has 1 fully saturated rings. The molecular weight excluding hydrogens is 255 g/mol. The first-order valence-electron chi connectivity index (χ1n) is 6.55. The van der Waals surface area contributed by atoms with Crippen LogP contribution in [0.25, 0.3) is 5.95 Å². The van der Waals surface area contributed by atoms with E-state index < -0.39 is 7.12 Å². The molecule has 3 rings (SSSR count). The molecule has 1 aliphatic heterocycles. The Kier molecular flexibility index (Phi) is 2.91. The second kappa shape index (κ2) is 4.39. The molecule has 0 radical (unpaired) electrons. The summed E-state index contributed by atoms with van der Waals surface area (Å²) >= 11 is 0. The Hall–Kier alpha value is -1.73. The molecule has 0 bridgehead atoms. The minimum absolute atomic E-state index is 0.360. The average molecular weight is 272 g/mol. The van der Waals surface area contributed by atoms with E-state index in [1.165, 1.54) is 0 Å². The van der Waals surface area contributed by atoms with Gasteiger partial charge in [0.15, 0.2) is 0 Å². The lowest BCUT2D eigenvalue weighted by Crippen LogP contribution is -2.41. The molecule has 0 atom stereocenters. The predicted molar refractivity (Wildman–Crippen MR) is 74.9 cm³/mol. The summed E-state index contributed by atoms with van der Waals surface area (Å²) in [6.45, 7) is 8.09. The Morgan fingerprint density at radius 1 is 1.05 bits per heavy atom. The smallest absolute Gasteiger partial charge is 0.399 e. The van der Waals surface area contributed by atoms with Crippen LogP contribution >= 0.6 is 0 Å². The Bertz CT molecular complexity index is 579. The zero-order valence-corrected chi connectivity index (χ0v) is 12.1. The largest absolute Gasteiger partial charge is 0.498 e. The lowest BCUT2D eigenvalue weighted by Gasteiger charge is -2.32. The van der Waals surface area contributed by atoms with E-state index >= 15 is 0 Å². The molecule has 0 aromatic carbocycles. The summed E-state index contributed by atoms with van der Waals surface area (Å²) in [7, 11) is -0.433. The van der Waals surface area contributed by atoms with Crippen LogP contribution in [0.3, 0.4) is 0 Å². The summed E-state index contributed by atoms with van der Waals surface area (Å²) < 4.78 is 13.7. The molecule has 1 aliphatic rings. The molecule has 2 aromatic rings. The molecule has 20 heavy (non-hydrogen) atoms. The highest BCUT2D eigenvalue weighted by Crippen LogP contribution is 2.36. The van der Waals surface area contributed by atoms with E-state index in [4.69, 9.17) is 9.31 Å². The highest BCUT2D eigenvalue weighted by molar-refractivity contribution is 6.61. The summed E-state index contributed by atoms with van der Waals surface area (Å²) in [5.41, 5.74) is 0.0917. The zero-order valence-electron chi connectivity index (χ0n) is 12.1. The summed E-state index contributed by atoms with van der Waals surface area (Å²) in [5, 5.41) is 0. The van der Waals surface area contributed by atoms with Crippen LogP contribution in [0.4, 0.5) is 0 Å². The molecule has 2 aromatic heterocycles. The second-order valence-corrected chi connectivity index (χ2v) is 5.87. The van der Waals surface area contributed by atoms with E-state index in [2.05, 4.69) is 15.0 Å². The van der Waals surface area contributed by atoms with Gasteiger partial charge >= 0.3 is 7.12 Å². The van der Waals surface area contributed by atoms with Gasteiger partial charge in [-0.2, -0.15) is 0 Å². The van der Waals surface area contributed by atoms with Crippen molar-refractivity contribution in [1.82, 2.24) is 19.5 Å². The summed E-state index contributed by atoms with van der Waals surface area (Å²) in [5.74, 6) is 0.572. The SMILES string of the molecule is CC1(C)OB(c2cnc(-n3ccnc3)nc2)OC1(C)C. The first kappa shape index (κ1) is 13.3. The van der Waals surface area contributed by atoms with Crippen LogP contribution < -0.4 is 5.46 Å². The lowest BCUT2D eigenvalue weighted by molar-refractivity contribution is 0.00578. The highest BCUT2D eigenvalue weighted by Gasteiger charge is 2.51. The van der Waals surface area contributed by atoms with Gasteiger partial charge in [-0.3, -0.25) is 4.57 Å². The average Bonchev–Trinajstić information content (AvgIpc) is 2.97. The van der Waals surface area contributed by atoms with Crippen molar-refractivity contribution < 1.29 is 9.31 Å². The van der Waals surface area contributed by atoms with Gasteiger partial charge in [-0.1, -0.05) is 0 Å². The minimum Gasteiger partial charge on any atom is -0.399 e. The highest BCUT2D eigenvalue weighted by atomic mass is 16.7. The maximum absolute atomic E-state index is 5.96. The predicted octanol–water partition coefficient (Wildman–Crippen LogP) is 0.961. The second-order valence-electron chi connectivity index (χ2n) is 5.87. The van der Waals surface area contributed by atoms with Crippen LogP contribution in [0.5, 0.6) is 0 Å². The molecule has 7 heteroatoms. The van der Waals surface area contributed by atoms with E-state index in [1.807, 2.05) is 27.7 Å². The Morgan fingerprint density at radius 2 is 1.65 bits per heavy atom. The third-order valence-corrected chi connectivity index (χ3v) is 3.92. The number of aromatic nitrogens is 4. The van der Waals surface area contributed by atoms with Crippen LogP contribution in [0.1, 0.15) is 27.7 Å². The molecule has 0 unspecified atom stereocenters. The van der Waals surface area contributed by atoms with Crippen molar-refractivity contribution in [2.45, 2.75) is 38.9 Å². The van der Waals surface area contributed by atoms with Crippen molar-refractivity contribution in [1.29, 1.82) is 0 Å². The Labute approximate surface area is 118 Å². The molecule has 0 amide bonds. The standard InChI is InChI=1S/C13H17BN4O2/c1-12(2)13(3,4)20-14(19-12)10-7-16-11(17-8-10)18-6-5-15-9-18/h5-9H,1-4H3. The Balaban J connectivity index is 1.83. The van der Waals surface area contributed by atoms with E-state index in [9.17, 15) is 0 Å². The summed E-state index contributed by atoms with van der Waals surface area (Å²) in [6, 6.07) is 0. The fraction of sp³-hybridized carbons (Fsp3) is 0.462. The normalized spacial score (nSPS) is 20.3. The molecule has 104 valence electrons. The maximum Gasteiger partial charge on any atom is 0.498 e. The first-order valence-corrected chi connectivity index (χ1v) is 6.55. The van der Waals surface area contributed by atoms with Crippen molar-refractivity contribution in [3.05, 3.63) is 31.1 Å². The van der Waals surface area contributed by atoms with Crippen LogP contribution in [0, 0.1) is 0 Å². The molecule has 3 heterocycles.